The van der Waals surface area contributed by atoms with Gasteiger partial charge in [0.25, 0.3) is 5.91 Å². The molecule has 6 rings (SSSR count). The van der Waals surface area contributed by atoms with E-state index in [9.17, 15) is 18.8 Å². The van der Waals surface area contributed by atoms with Crippen LogP contribution in [0.3, 0.4) is 0 Å². The van der Waals surface area contributed by atoms with Crippen molar-refractivity contribution in [3.63, 3.8) is 0 Å². The molecule has 3 amide bonds. The van der Waals surface area contributed by atoms with Crippen LogP contribution in [-0.4, -0.2) is 65.8 Å². The van der Waals surface area contributed by atoms with Crippen molar-refractivity contribution in [2.24, 2.45) is 0 Å². The highest BCUT2D eigenvalue weighted by Crippen LogP contribution is 2.38. The number of nitrogens with zero attached hydrogens (tertiary/aromatic N) is 2. The van der Waals surface area contributed by atoms with Crippen molar-refractivity contribution in [3.8, 4) is 5.75 Å². The van der Waals surface area contributed by atoms with Crippen LogP contribution in [0.15, 0.2) is 36.4 Å². The highest BCUT2D eigenvalue weighted by atomic mass is 19.1. The Morgan fingerprint density at radius 1 is 0.952 bits per heavy atom. The van der Waals surface area contributed by atoms with E-state index in [1.807, 2.05) is 12.1 Å². The number of ether oxygens (including phenoxy) is 1. The van der Waals surface area contributed by atoms with Gasteiger partial charge in [0.1, 0.15) is 24.2 Å². The minimum absolute atomic E-state index is 0.151. The maximum absolute atomic E-state index is 14.7. The van der Waals surface area contributed by atoms with Crippen LogP contribution in [0.25, 0.3) is 0 Å². The Hall–Kier alpha value is -3.30. The van der Waals surface area contributed by atoms with Gasteiger partial charge in [-0.15, -0.1) is 0 Å². The summed E-state index contributed by atoms with van der Waals surface area (Å²) in [5.41, 5.74) is 3.30. The van der Waals surface area contributed by atoms with Crippen LogP contribution in [0, 0.1) is 5.82 Å². The van der Waals surface area contributed by atoms with E-state index < -0.39 is 17.8 Å². The third kappa shape index (κ3) is 6.52. The van der Waals surface area contributed by atoms with Crippen molar-refractivity contribution in [2.75, 3.05) is 26.2 Å². The zero-order valence-electron chi connectivity index (χ0n) is 24.2. The number of amides is 3. The molecular formula is C33H41FN4O4. The first-order valence-corrected chi connectivity index (χ1v) is 15.6. The highest BCUT2D eigenvalue weighted by Gasteiger charge is 2.41. The zero-order chi connectivity index (χ0) is 29.1. The van der Waals surface area contributed by atoms with Gasteiger partial charge in [-0.05, 0) is 92.1 Å². The molecule has 3 aliphatic heterocycles. The predicted octanol–water partition coefficient (Wildman–Crippen LogP) is 4.27. The Morgan fingerprint density at radius 3 is 2.45 bits per heavy atom. The molecule has 0 aromatic heterocycles. The molecule has 3 fully saturated rings. The van der Waals surface area contributed by atoms with Crippen molar-refractivity contribution in [1.29, 1.82) is 0 Å². The number of hydrogen-bond donors (Lipinski definition) is 2. The lowest BCUT2D eigenvalue weighted by atomic mass is 9.85. The van der Waals surface area contributed by atoms with Crippen LogP contribution >= 0.6 is 0 Å². The number of halogens is 1. The molecule has 1 unspecified atom stereocenters. The topological polar surface area (TPSA) is 91.0 Å². The SMILES string of the molecule is O=C1CCC(N2Cc3c(cc(F)cc3C3CCN(Cc4ccc(OCCNC5CCCCC5)cc4)CC3)C2=O)C(=O)N1. The molecule has 0 bridgehead atoms. The number of hydrogen-bond acceptors (Lipinski definition) is 6. The smallest absolute Gasteiger partial charge is 0.255 e. The summed E-state index contributed by atoms with van der Waals surface area (Å²) in [7, 11) is 0. The molecule has 2 N–H and O–H groups in total. The number of likely N-dealkylation sites (tertiary alicyclic amines) is 1. The molecule has 2 saturated heterocycles. The van der Waals surface area contributed by atoms with Gasteiger partial charge in [-0.25, -0.2) is 4.39 Å². The van der Waals surface area contributed by atoms with Crippen LogP contribution in [0.4, 0.5) is 4.39 Å². The number of rotatable bonds is 9. The first kappa shape index (κ1) is 28.8. The largest absolute Gasteiger partial charge is 0.492 e. The summed E-state index contributed by atoms with van der Waals surface area (Å²) in [6, 6.07) is 11.2. The molecule has 3 heterocycles. The maximum atomic E-state index is 14.7. The molecule has 1 saturated carbocycles. The molecule has 0 radical (unpaired) electrons. The number of imide groups is 1. The second kappa shape index (κ2) is 12.9. The van der Waals surface area contributed by atoms with Gasteiger partial charge in [0, 0.05) is 37.7 Å². The van der Waals surface area contributed by atoms with Gasteiger partial charge in [0.05, 0.1) is 0 Å². The Bertz CT molecular complexity index is 1300. The van der Waals surface area contributed by atoms with Gasteiger partial charge in [-0.3, -0.25) is 24.6 Å². The van der Waals surface area contributed by atoms with Crippen molar-refractivity contribution in [3.05, 3.63) is 64.5 Å². The van der Waals surface area contributed by atoms with Gasteiger partial charge in [-0.1, -0.05) is 31.4 Å². The van der Waals surface area contributed by atoms with E-state index in [0.29, 0.717) is 24.6 Å². The van der Waals surface area contributed by atoms with E-state index in [-0.39, 0.29) is 30.7 Å². The quantitative estimate of drug-likeness (QED) is 0.342. The molecule has 224 valence electrons. The number of fused-ring (bicyclic) bond motifs is 1. The molecular weight excluding hydrogens is 535 g/mol. The van der Waals surface area contributed by atoms with Gasteiger partial charge in [0.15, 0.2) is 0 Å². The molecule has 2 aromatic carbocycles. The predicted molar refractivity (Wildman–Crippen MR) is 157 cm³/mol. The van der Waals surface area contributed by atoms with Gasteiger partial charge < -0.3 is 15.0 Å². The van der Waals surface area contributed by atoms with Crippen LogP contribution in [-0.2, 0) is 22.7 Å². The monoisotopic (exact) mass is 576 g/mol. The van der Waals surface area contributed by atoms with Crippen LogP contribution in [0.2, 0.25) is 0 Å². The molecule has 1 atom stereocenters. The van der Waals surface area contributed by atoms with E-state index >= 15 is 0 Å². The second-order valence-corrected chi connectivity index (χ2v) is 12.3. The zero-order valence-corrected chi connectivity index (χ0v) is 24.2. The maximum Gasteiger partial charge on any atom is 0.255 e. The molecule has 8 nitrogen and oxygen atoms in total. The number of benzene rings is 2. The molecule has 9 heteroatoms. The summed E-state index contributed by atoms with van der Waals surface area (Å²) in [6.45, 7) is 4.43. The lowest BCUT2D eigenvalue weighted by molar-refractivity contribution is -0.136. The molecule has 42 heavy (non-hydrogen) atoms. The van der Waals surface area contributed by atoms with Crippen LogP contribution in [0.5, 0.6) is 5.75 Å². The number of carbonyl (C=O) groups is 3. The fourth-order valence-corrected chi connectivity index (χ4v) is 7.11. The van der Waals surface area contributed by atoms with E-state index in [1.54, 1.807) is 6.07 Å². The molecule has 2 aromatic rings. The highest BCUT2D eigenvalue weighted by molar-refractivity contribution is 6.05. The van der Waals surface area contributed by atoms with Gasteiger partial charge in [0.2, 0.25) is 11.8 Å². The van der Waals surface area contributed by atoms with Crippen molar-refractivity contribution < 1.29 is 23.5 Å². The number of nitrogens with one attached hydrogen (secondary N) is 2. The summed E-state index contributed by atoms with van der Waals surface area (Å²) in [5.74, 6) is -0.473. The molecule has 0 spiro atoms. The molecule has 4 aliphatic rings. The summed E-state index contributed by atoms with van der Waals surface area (Å²) >= 11 is 0. The van der Waals surface area contributed by atoms with E-state index in [4.69, 9.17) is 4.74 Å². The van der Waals surface area contributed by atoms with Crippen LogP contribution < -0.4 is 15.4 Å². The summed E-state index contributed by atoms with van der Waals surface area (Å²) < 4.78 is 20.7. The minimum Gasteiger partial charge on any atom is -0.492 e. The van der Waals surface area contributed by atoms with Crippen molar-refractivity contribution >= 4 is 17.7 Å². The fourth-order valence-electron chi connectivity index (χ4n) is 7.11. The minimum atomic E-state index is -0.699. The first-order chi connectivity index (χ1) is 20.4. The third-order valence-electron chi connectivity index (χ3n) is 9.42. The third-order valence-corrected chi connectivity index (χ3v) is 9.42. The van der Waals surface area contributed by atoms with E-state index in [0.717, 1.165) is 55.9 Å². The molecule has 1 aliphatic carbocycles. The Balaban J connectivity index is 1.00. The Labute approximate surface area is 247 Å². The van der Waals surface area contributed by atoms with E-state index in [2.05, 4.69) is 27.7 Å². The lowest BCUT2D eigenvalue weighted by Crippen LogP contribution is -2.52. The van der Waals surface area contributed by atoms with Crippen molar-refractivity contribution in [1.82, 2.24) is 20.4 Å². The standard InChI is InChI=1S/C33H41FN4O4/c34-24-18-27(29-21-38(33(41)28(29)19-24)30-10-11-31(39)36-32(30)40)23-12-15-37(16-13-23)20-22-6-8-26(9-7-22)42-17-14-35-25-4-2-1-3-5-25/h6-9,18-19,23,25,30,35H,1-5,10-17,20-21H2,(H,36,39,40). The van der Waals surface area contributed by atoms with Crippen molar-refractivity contribution in [2.45, 2.75) is 88.9 Å². The average Bonchev–Trinajstić information content (AvgIpc) is 3.32. The van der Waals surface area contributed by atoms with Gasteiger partial charge in [-0.2, -0.15) is 0 Å². The number of piperidine rings is 2. The lowest BCUT2D eigenvalue weighted by Gasteiger charge is -2.33. The second-order valence-electron chi connectivity index (χ2n) is 12.3. The number of carbonyl (C=O) groups excluding carboxylic acids is 3. The van der Waals surface area contributed by atoms with Gasteiger partial charge >= 0.3 is 0 Å². The van der Waals surface area contributed by atoms with E-state index in [1.165, 1.54) is 48.6 Å². The summed E-state index contributed by atoms with van der Waals surface area (Å²) in [5, 5.41) is 5.95. The normalized spacial score (nSPS) is 22.4. The first-order valence-electron chi connectivity index (χ1n) is 15.6. The average molecular weight is 577 g/mol. The summed E-state index contributed by atoms with van der Waals surface area (Å²) in [4.78, 5) is 41.2. The Morgan fingerprint density at radius 2 is 1.71 bits per heavy atom. The Kier molecular flexibility index (Phi) is 8.86. The van der Waals surface area contributed by atoms with Crippen LogP contribution in [0.1, 0.15) is 90.8 Å². The summed E-state index contributed by atoms with van der Waals surface area (Å²) in [6.07, 6.45) is 8.82. The fraction of sp³-hybridized carbons (Fsp3) is 0.545.